The summed E-state index contributed by atoms with van der Waals surface area (Å²) in [6, 6.07) is 31.1. The van der Waals surface area contributed by atoms with Crippen LogP contribution in [0.5, 0.6) is 0 Å². The van der Waals surface area contributed by atoms with Crippen LogP contribution in [-0.2, 0) is 22.1 Å². The van der Waals surface area contributed by atoms with Gasteiger partial charge in [0.1, 0.15) is 0 Å². The predicted octanol–water partition coefficient (Wildman–Crippen LogP) is 8.64. The first-order valence-electron chi connectivity index (χ1n) is 15.7. The highest BCUT2D eigenvalue weighted by molar-refractivity contribution is 7.97. The van der Waals surface area contributed by atoms with Crippen LogP contribution >= 0.6 is 0 Å². The van der Waals surface area contributed by atoms with Crippen LogP contribution in [0.2, 0.25) is 0 Å². The zero-order valence-electron chi connectivity index (χ0n) is 24.2. The Balaban J connectivity index is 0.000000204. The molecule has 4 aliphatic carbocycles. The Morgan fingerprint density at radius 1 is 0.675 bits per heavy atom. The third-order valence-electron chi connectivity index (χ3n) is 9.41. The van der Waals surface area contributed by atoms with Crippen molar-refractivity contribution in [2.75, 3.05) is 0 Å². The maximum absolute atomic E-state index is 11.1. The SMILES string of the molecule is CCCCCCCCc1ccc([S+](c2ccccc2)c2ccccc2)cc1.O=C([O-])C12CC3CC(CC(C3)C1)C2. The molecule has 0 unspecified atom stereocenters. The molecular formula is C37H46O2S. The lowest BCUT2D eigenvalue weighted by Crippen LogP contribution is -2.54. The molecule has 4 aliphatic rings. The van der Waals surface area contributed by atoms with Crippen molar-refractivity contribution in [2.24, 2.45) is 23.2 Å². The molecule has 0 heterocycles. The Hall–Kier alpha value is -2.52. The minimum Gasteiger partial charge on any atom is -0.550 e. The van der Waals surface area contributed by atoms with Crippen LogP contribution in [0.15, 0.2) is 99.6 Å². The largest absolute Gasteiger partial charge is 0.550 e. The lowest BCUT2D eigenvalue weighted by Gasteiger charge is -2.57. The summed E-state index contributed by atoms with van der Waals surface area (Å²) in [6.07, 6.45) is 16.0. The van der Waals surface area contributed by atoms with Crippen molar-refractivity contribution in [2.45, 2.75) is 105 Å². The van der Waals surface area contributed by atoms with Gasteiger partial charge >= 0.3 is 0 Å². The van der Waals surface area contributed by atoms with E-state index < -0.39 is 11.4 Å². The topological polar surface area (TPSA) is 40.1 Å². The summed E-state index contributed by atoms with van der Waals surface area (Å²) in [5.74, 6) is 1.38. The number of aliphatic carboxylic acids is 1. The first kappa shape index (κ1) is 29.0. The zero-order valence-corrected chi connectivity index (χ0v) is 25.0. The fourth-order valence-electron chi connectivity index (χ4n) is 7.78. The normalized spacial score (nSPS) is 24.5. The van der Waals surface area contributed by atoms with E-state index in [2.05, 4.69) is 91.9 Å². The Bertz CT molecular complexity index is 1110. The van der Waals surface area contributed by atoms with Crippen molar-refractivity contribution < 1.29 is 9.90 Å². The van der Waals surface area contributed by atoms with Gasteiger partial charge in [-0.25, -0.2) is 0 Å². The highest BCUT2D eigenvalue weighted by Gasteiger charge is 2.51. The zero-order chi connectivity index (χ0) is 27.8. The van der Waals surface area contributed by atoms with Crippen LogP contribution in [0.25, 0.3) is 0 Å². The molecule has 4 saturated carbocycles. The number of benzene rings is 3. The molecule has 0 aliphatic heterocycles. The summed E-state index contributed by atoms with van der Waals surface area (Å²) in [7, 11) is -0.0341. The van der Waals surface area contributed by atoms with Gasteiger partial charge in [-0.2, -0.15) is 0 Å². The molecule has 3 heteroatoms. The van der Waals surface area contributed by atoms with Crippen LogP contribution in [0.4, 0.5) is 0 Å². The second kappa shape index (κ2) is 13.9. The van der Waals surface area contributed by atoms with Crippen molar-refractivity contribution in [3.8, 4) is 0 Å². The van der Waals surface area contributed by atoms with Gasteiger partial charge in [0.25, 0.3) is 0 Å². The van der Waals surface area contributed by atoms with E-state index in [1.807, 2.05) is 0 Å². The summed E-state index contributed by atoms with van der Waals surface area (Å²) in [5, 5.41) is 11.1. The van der Waals surface area contributed by atoms with E-state index in [4.69, 9.17) is 0 Å². The number of hydrogen-bond acceptors (Lipinski definition) is 2. The van der Waals surface area contributed by atoms with Crippen LogP contribution in [0.3, 0.4) is 0 Å². The smallest absolute Gasteiger partial charge is 0.166 e. The van der Waals surface area contributed by atoms with Gasteiger partial charge in [0.2, 0.25) is 0 Å². The summed E-state index contributed by atoms with van der Waals surface area (Å²) >= 11 is 0. The third kappa shape index (κ3) is 7.21. The molecule has 3 aromatic carbocycles. The van der Waals surface area contributed by atoms with Crippen LogP contribution in [0, 0.1) is 23.2 Å². The van der Waals surface area contributed by atoms with E-state index in [1.165, 1.54) is 84.5 Å². The summed E-state index contributed by atoms with van der Waals surface area (Å²) in [6.45, 7) is 2.28. The Kier molecular flexibility index (Phi) is 10.1. The monoisotopic (exact) mass is 554 g/mol. The average Bonchev–Trinajstić information content (AvgIpc) is 2.97. The quantitative estimate of drug-likeness (QED) is 0.176. The number of carbonyl (C=O) groups excluding carboxylic acids is 1. The Morgan fingerprint density at radius 3 is 1.60 bits per heavy atom. The van der Waals surface area contributed by atoms with E-state index in [0.717, 1.165) is 19.3 Å². The fourth-order valence-corrected chi connectivity index (χ4v) is 9.87. The van der Waals surface area contributed by atoms with Gasteiger partial charge < -0.3 is 9.90 Å². The molecule has 0 radical (unpaired) electrons. The third-order valence-corrected chi connectivity index (χ3v) is 11.6. The predicted molar refractivity (Wildman–Crippen MR) is 164 cm³/mol. The fraction of sp³-hybridized carbons (Fsp3) is 0.486. The molecule has 0 spiro atoms. The number of aryl methyl sites for hydroxylation is 1. The molecule has 4 bridgehead atoms. The van der Waals surface area contributed by atoms with Crippen molar-refractivity contribution in [1.29, 1.82) is 0 Å². The molecule has 0 atom stereocenters. The molecule has 3 aromatic rings. The van der Waals surface area contributed by atoms with Crippen molar-refractivity contribution >= 4 is 16.9 Å². The van der Waals surface area contributed by atoms with E-state index in [0.29, 0.717) is 17.8 Å². The highest BCUT2D eigenvalue weighted by Crippen LogP contribution is 2.59. The number of carboxylic acids is 1. The number of unbranched alkanes of at least 4 members (excludes halogenated alkanes) is 5. The summed E-state index contributed by atoms with van der Waals surface area (Å²) < 4.78 is 0. The van der Waals surface area contributed by atoms with Crippen LogP contribution < -0.4 is 5.11 Å². The molecule has 4 fully saturated rings. The molecule has 0 saturated heterocycles. The van der Waals surface area contributed by atoms with Gasteiger partial charge in [-0.1, -0.05) is 87.6 Å². The minimum atomic E-state index is -0.758. The average molecular weight is 555 g/mol. The number of carbonyl (C=O) groups is 1. The van der Waals surface area contributed by atoms with E-state index in [-0.39, 0.29) is 10.9 Å². The molecule has 2 nitrogen and oxygen atoms in total. The van der Waals surface area contributed by atoms with Crippen LogP contribution in [-0.4, -0.2) is 5.97 Å². The van der Waals surface area contributed by atoms with E-state index in [1.54, 1.807) is 0 Å². The second-order valence-electron chi connectivity index (χ2n) is 12.6. The maximum atomic E-state index is 11.1. The molecule has 40 heavy (non-hydrogen) atoms. The van der Waals surface area contributed by atoms with E-state index >= 15 is 0 Å². The lowest BCUT2D eigenvalue weighted by molar-refractivity contribution is -0.327. The molecule has 7 rings (SSSR count). The van der Waals surface area contributed by atoms with Gasteiger partial charge in [0, 0.05) is 11.4 Å². The Morgan fingerprint density at radius 2 is 1.12 bits per heavy atom. The van der Waals surface area contributed by atoms with E-state index in [9.17, 15) is 9.90 Å². The van der Waals surface area contributed by atoms with Gasteiger partial charge in [0.15, 0.2) is 14.7 Å². The highest BCUT2D eigenvalue weighted by atomic mass is 32.2. The van der Waals surface area contributed by atoms with Gasteiger partial charge in [0.05, 0.1) is 10.9 Å². The molecule has 0 N–H and O–H groups in total. The second-order valence-corrected chi connectivity index (χ2v) is 14.6. The summed E-state index contributed by atoms with van der Waals surface area (Å²) in [4.78, 5) is 15.3. The van der Waals surface area contributed by atoms with Crippen molar-refractivity contribution in [1.82, 2.24) is 0 Å². The minimum absolute atomic E-state index is 0.0341. The van der Waals surface area contributed by atoms with Crippen LogP contribution in [0.1, 0.15) is 89.5 Å². The maximum Gasteiger partial charge on any atom is 0.166 e. The number of carboxylic acid groups (broad SMARTS) is 1. The van der Waals surface area contributed by atoms with Crippen molar-refractivity contribution in [3.05, 3.63) is 90.5 Å². The van der Waals surface area contributed by atoms with Gasteiger partial charge in [-0.3, -0.25) is 0 Å². The first-order valence-corrected chi connectivity index (χ1v) is 16.9. The van der Waals surface area contributed by atoms with Gasteiger partial charge in [-0.05, 0) is 111 Å². The summed E-state index contributed by atoms with van der Waals surface area (Å²) in [5.41, 5.74) is 1.08. The number of hydrogen-bond donors (Lipinski definition) is 0. The standard InChI is InChI=1S/C26H31S.C11H16O2/c1-2-3-4-5-6-9-14-23-19-21-26(22-20-23)27(24-15-10-7-11-16-24)25-17-12-8-13-18-25;12-10(13)11-4-7-1-8(5-11)3-9(2-7)6-11/h7-8,10-13,15-22H,2-6,9,14H2,1H3;7-9H,1-6H2,(H,12,13)/q+1;/p-1. The number of rotatable bonds is 11. The molecule has 0 amide bonds. The van der Waals surface area contributed by atoms with Crippen molar-refractivity contribution in [3.63, 3.8) is 0 Å². The molecular weight excluding hydrogens is 508 g/mol. The first-order chi connectivity index (χ1) is 19.6. The molecule has 212 valence electrons. The van der Waals surface area contributed by atoms with Gasteiger partial charge in [-0.15, -0.1) is 0 Å². The molecule has 0 aromatic heterocycles. The lowest BCUT2D eigenvalue weighted by atomic mass is 9.49. The Labute approximate surface area is 245 Å².